The molecule has 0 aliphatic heterocycles. The highest BCUT2D eigenvalue weighted by Gasteiger charge is 2.04. The van der Waals surface area contributed by atoms with Crippen molar-refractivity contribution < 1.29 is 9.84 Å². The zero-order valence-corrected chi connectivity index (χ0v) is 11.7. The summed E-state index contributed by atoms with van der Waals surface area (Å²) in [4.78, 5) is 4.68. The smallest absolute Gasteiger partial charge is 0.118 e. The highest BCUT2D eigenvalue weighted by Crippen LogP contribution is 2.25. The molecule has 3 rings (SSSR count). The van der Waals surface area contributed by atoms with Crippen molar-refractivity contribution in [3.63, 3.8) is 0 Å². The lowest BCUT2D eigenvalue weighted by atomic mass is 10.1. The predicted octanol–water partition coefficient (Wildman–Crippen LogP) is 4.13. The molecule has 0 amide bonds. The van der Waals surface area contributed by atoms with Gasteiger partial charge < -0.3 is 9.84 Å². The first kappa shape index (κ1) is 13.2. The molecule has 0 aliphatic rings. The fourth-order valence-corrected chi connectivity index (χ4v) is 2.15. The van der Waals surface area contributed by atoms with Crippen molar-refractivity contribution in [2.24, 2.45) is 0 Å². The van der Waals surface area contributed by atoms with Gasteiger partial charge in [0, 0.05) is 11.1 Å². The highest BCUT2D eigenvalue weighted by atomic mass is 16.5. The molecular weight excluding hydrogens is 262 g/mol. The molecule has 0 fully saturated rings. The summed E-state index contributed by atoms with van der Waals surface area (Å²) in [6, 6.07) is 20.8. The van der Waals surface area contributed by atoms with Gasteiger partial charge in [0.1, 0.15) is 11.5 Å². The Kier molecular flexibility index (Phi) is 3.56. The van der Waals surface area contributed by atoms with E-state index in [9.17, 15) is 5.11 Å². The average Bonchev–Trinajstić information content (AvgIpc) is 2.56. The number of ether oxygens (including phenoxy) is 1. The maximum absolute atomic E-state index is 9.35. The molecule has 0 radical (unpaired) electrons. The van der Waals surface area contributed by atoms with Gasteiger partial charge in [-0.3, -0.25) is 0 Å². The lowest BCUT2D eigenvalue weighted by molar-refractivity contribution is 0.415. The predicted molar refractivity (Wildman–Crippen MR) is 83.3 cm³/mol. The highest BCUT2D eigenvalue weighted by molar-refractivity contribution is 5.66. The average molecular weight is 277 g/mol. The topological polar surface area (TPSA) is 42.4 Å². The minimum atomic E-state index is 0.255. The molecule has 3 nitrogen and oxygen atoms in total. The third-order valence-corrected chi connectivity index (χ3v) is 3.30. The molecule has 1 heterocycles. The van der Waals surface area contributed by atoms with Crippen molar-refractivity contribution in [1.82, 2.24) is 4.98 Å². The van der Waals surface area contributed by atoms with Gasteiger partial charge in [0.15, 0.2) is 0 Å². The fraction of sp³-hybridized carbons (Fsp3) is 0.0556. The van der Waals surface area contributed by atoms with Crippen molar-refractivity contribution in [2.75, 3.05) is 7.11 Å². The summed E-state index contributed by atoms with van der Waals surface area (Å²) in [6.07, 6.45) is 0. The van der Waals surface area contributed by atoms with Gasteiger partial charge in [-0.05, 0) is 60.7 Å². The van der Waals surface area contributed by atoms with Crippen LogP contribution >= 0.6 is 0 Å². The van der Waals surface area contributed by atoms with Crippen LogP contribution in [0.5, 0.6) is 11.5 Å². The molecule has 1 aromatic heterocycles. The maximum Gasteiger partial charge on any atom is 0.118 e. The molecule has 2 aromatic carbocycles. The molecule has 3 heteroatoms. The third-order valence-electron chi connectivity index (χ3n) is 3.30. The molecule has 0 saturated heterocycles. The van der Waals surface area contributed by atoms with E-state index in [1.165, 1.54) is 0 Å². The Morgan fingerprint density at radius 2 is 1.29 bits per heavy atom. The minimum Gasteiger partial charge on any atom is -0.508 e. The van der Waals surface area contributed by atoms with Crippen LogP contribution in [0.15, 0.2) is 66.7 Å². The molecule has 0 atom stereocenters. The van der Waals surface area contributed by atoms with E-state index in [0.717, 1.165) is 28.3 Å². The zero-order chi connectivity index (χ0) is 14.7. The number of aromatic nitrogens is 1. The van der Waals surface area contributed by atoms with Crippen LogP contribution in [0.3, 0.4) is 0 Å². The van der Waals surface area contributed by atoms with Crippen LogP contribution in [0.4, 0.5) is 0 Å². The monoisotopic (exact) mass is 277 g/mol. The van der Waals surface area contributed by atoms with Crippen LogP contribution < -0.4 is 4.74 Å². The van der Waals surface area contributed by atoms with Crippen LogP contribution in [0.2, 0.25) is 0 Å². The molecule has 1 N–H and O–H groups in total. The Balaban J connectivity index is 1.97. The number of phenols is 1. The van der Waals surface area contributed by atoms with Crippen molar-refractivity contribution in [2.45, 2.75) is 0 Å². The third kappa shape index (κ3) is 2.87. The summed E-state index contributed by atoms with van der Waals surface area (Å²) in [5.74, 6) is 1.08. The second kappa shape index (κ2) is 5.67. The van der Waals surface area contributed by atoms with E-state index in [1.807, 2.05) is 54.6 Å². The van der Waals surface area contributed by atoms with E-state index in [2.05, 4.69) is 4.98 Å². The number of hydrogen-bond acceptors (Lipinski definition) is 3. The first-order valence-electron chi connectivity index (χ1n) is 6.67. The van der Waals surface area contributed by atoms with Gasteiger partial charge in [0.2, 0.25) is 0 Å². The normalized spacial score (nSPS) is 10.3. The van der Waals surface area contributed by atoms with Crippen LogP contribution in [0.1, 0.15) is 0 Å². The SMILES string of the molecule is COc1ccc(-c2cccc(-c3ccc(O)cc3)n2)cc1. The maximum atomic E-state index is 9.35. The largest absolute Gasteiger partial charge is 0.508 e. The molecule has 0 unspecified atom stereocenters. The van der Waals surface area contributed by atoms with Gasteiger partial charge in [0.05, 0.1) is 18.5 Å². The number of aromatic hydroxyl groups is 1. The standard InChI is InChI=1S/C18H15NO2/c1-21-16-11-7-14(8-12-16)18-4-2-3-17(19-18)13-5-9-15(20)10-6-13/h2-12,20H,1H3. The van der Waals surface area contributed by atoms with Gasteiger partial charge >= 0.3 is 0 Å². The van der Waals surface area contributed by atoms with E-state index in [-0.39, 0.29) is 5.75 Å². The number of nitrogens with zero attached hydrogens (tertiary/aromatic N) is 1. The summed E-state index contributed by atoms with van der Waals surface area (Å²) in [5, 5.41) is 9.35. The van der Waals surface area contributed by atoms with Crippen LogP contribution in [-0.2, 0) is 0 Å². The Labute approximate surface area is 123 Å². The Morgan fingerprint density at radius 1 is 0.762 bits per heavy atom. The number of rotatable bonds is 3. The van der Waals surface area contributed by atoms with E-state index in [4.69, 9.17) is 4.74 Å². The molecule has 3 aromatic rings. The van der Waals surface area contributed by atoms with Gasteiger partial charge in [-0.15, -0.1) is 0 Å². The van der Waals surface area contributed by atoms with Gasteiger partial charge in [-0.25, -0.2) is 4.98 Å². The Bertz CT molecular complexity index is 734. The van der Waals surface area contributed by atoms with E-state index < -0.39 is 0 Å². The van der Waals surface area contributed by atoms with Crippen molar-refractivity contribution in [3.8, 4) is 34.0 Å². The van der Waals surface area contributed by atoms with Crippen LogP contribution in [0, 0.1) is 0 Å². The van der Waals surface area contributed by atoms with Gasteiger partial charge in [-0.2, -0.15) is 0 Å². The summed E-state index contributed by atoms with van der Waals surface area (Å²) in [6.45, 7) is 0. The molecule has 21 heavy (non-hydrogen) atoms. The quantitative estimate of drug-likeness (QED) is 0.782. The van der Waals surface area contributed by atoms with Crippen molar-refractivity contribution >= 4 is 0 Å². The molecular formula is C18H15NO2. The summed E-state index contributed by atoms with van der Waals surface area (Å²) < 4.78 is 5.17. The molecule has 0 aliphatic carbocycles. The van der Waals surface area contributed by atoms with Crippen LogP contribution in [0.25, 0.3) is 22.5 Å². The van der Waals surface area contributed by atoms with E-state index in [1.54, 1.807) is 19.2 Å². The number of pyridine rings is 1. The molecule has 0 spiro atoms. The first-order chi connectivity index (χ1) is 10.3. The minimum absolute atomic E-state index is 0.255. The summed E-state index contributed by atoms with van der Waals surface area (Å²) in [7, 11) is 1.65. The second-order valence-corrected chi connectivity index (χ2v) is 4.68. The zero-order valence-electron chi connectivity index (χ0n) is 11.7. The number of phenolic OH excluding ortho intramolecular Hbond substituents is 1. The Hall–Kier alpha value is -2.81. The van der Waals surface area contributed by atoms with Gasteiger partial charge in [0.25, 0.3) is 0 Å². The van der Waals surface area contributed by atoms with Crippen molar-refractivity contribution in [1.29, 1.82) is 0 Å². The molecule has 0 saturated carbocycles. The molecule has 104 valence electrons. The van der Waals surface area contributed by atoms with Crippen molar-refractivity contribution in [3.05, 3.63) is 66.7 Å². The second-order valence-electron chi connectivity index (χ2n) is 4.68. The Morgan fingerprint density at radius 3 is 1.81 bits per heavy atom. The summed E-state index contributed by atoms with van der Waals surface area (Å²) in [5.41, 5.74) is 3.80. The van der Waals surface area contributed by atoms with E-state index >= 15 is 0 Å². The molecule has 0 bridgehead atoms. The lowest BCUT2D eigenvalue weighted by Crippen LogP contribution is -1.88. The number of methoxy groups -OCH3 is 1. The van der Waals surface area contributed by atoms with E-state index in [0.29, 0.717) is 0 Å². The van der Waals surface area contributed by atoms with Gasteiger partial charge in [-0.1, -0.05) is 6.07 Å². The lowest BCUT2D eigenvalue weighted by Gasteiger charge is -2.06. The van der Waals surface area contributed by atoms with Crippen LogP contribution in [-0.4, -0.2) is 17.2 Å². The summed E-state index contributed by atoms with van der Waals surface area (Å²) >= 11 is 0. The first-order valence-corrected chi connectivity index (χ1v) is 6.67. The number of hydrogen-bond donors (Lipinski definition) is 1. The number of benzene rings is 2. The fourth-order valence-electron chi connectivity index (χ4n) is 2.15.